The molecule has 1 heterocycles. The van der Waals surface area contributed by atoms with E-state index >= 15 is 0 Å². The summed E-state index contributed by atoms with van der Waals surface area (Å²) in [6.45, 7) is 0.0954. The van der Waals surface area contributed by atoms with Gasteiger partial charge in [-0.1, -0.05) is 36.4 Å². The molecule has 0 aliphatic heterocycles. The van der Waals surface area contributed by atoms with Crippen molar-refractivity contribution in [2.45, 2.75) is 19.2 Å². The summed E-state index contributed by atoms with van der Waals surface area (Å²) in [7, 11) is 1.36. The van der Waals surface area contributed by atoms with Gasteiger partial charge >= 0.3 is 12.1 Å². The van der Waals surface area contributed by atoms with Crippen molar-refractivity contribution < 1.29 is 27.4 Å². The highest BCUT2D eigenvalue weighted by Gasteiger charge is 2.35. The molecular formula is C21H16ClF3N2O3. The molecule has 0 saturated heterocycles. The van der Waals surface area contributed by atoms with Crippen LogP contribution in [-0.4, -0.2) is 23.0 Å². The summed E-state index contributed by atoms with van der Waals surface area (Å²) in [6.07, 6.45) is -4.19. The largest absolute Gasteiger partial charge is 0.496 e. The molecule has 0 fully saturated rings. The van der Waals surface area contributed by atoms with Crippen LogP contribution in [0.15, 0.2) is 54.7 Å². The zero-order valence-corrected chi connectivity index (χ0v) is 16.5. The Kier molecular flexibility index (Phi) is 6.56. The average Bonchev–Trinajstić information content (AvgIpc) is 2.72. The smallest absolute Gasteiger partial charge is 0.419 e. The molecule has 0 amide bonds. The van der Waals surface area contributed by atoms with Crippen molar-refractivity contribution >= 4 is 17.6 Å². The number of methoxy groups -OCH3 is 1. The Hall–Kier alpha value is -3.13. The Bertz CT molecular complexity index is 1040. The van der Waals surface area contributed by atoms with Gasteiger partial charge in [0.2, 0.25) is 5.28 Å². The van der Waals surface area contributed by atoms with E-state index in [0.717, 1.165) is 5.56 Å². The quantitative estimate of drug-likeness (QED) is 0.397. The third-order valence-corrected chi connectivity index (χ3v) is 4.42. The summed E-state index contributed by atoms with van der Waals surface area (Å²) in [6, 6.07) is 13.5. The predicted octanol–water partition coefficient (Wildman–Crippen LogP) is 5.11. The summed E-state index contributed by atoms with van der Waals surface area (Å²) in [5.74, 6) is -0.350. The van der Waals surface area contributed by atoms with Crippen molar-refractivity contribution in [3.8, 4) is 5.75 Å². The summed E-state index contributed by atoms with van der Waals surface area (Å²) in [5, 5.41) is -0.293. The van der Waals surface area contributed by atoms with E-state index in [1.54, 1.807) is 0 Å². The number of hydrogen-bond donors (Lipinski definition) is 0. The molecule has 1 aromatic heterocycles. The SMILES string of the molecule is COc1cc(C(=O)OCc2ccccc2)ccc1Cc1nc(Cl)ncc1C(F)(F)F. The van der Waals surface area contributed by atoms with Crippen LogP contribution >= 0.6 is 11.6 Å². The fourth-order valence-corrected chi connectivity index (χ4v) is 2.92. The number of alkyl halides is 3. The van der Waals surface area contributed by atoms with Crippen molar-refractivity contribution in [1.29, 1.82) is 0 Å². The van der Waals surface area contributed by atoms with Gasteiger partial charge in [0.25, 0.3) is 0 Å². The number of benzene rings is 2. The zero-order chi connectivity index (χ0) is 21.7. The molecule has 0 saturated carbocycles. The fourth-order valence-electron chi connectivity index (χ4n) is 2.77. The van der Waals surface area contributed by atoms with Crippen LogP contribution in [0.2, 0.25) is 5.28 Å². The Morgan fingerprint density at radius 1 is 1.13 bits per heavy atom. The van der Waals surface area contributed by atoms with Crippen LogP contribution in [0, 0.1) is 0 Å². The minimum atomic E-state index is -4.63. The van der Waals surface area contributed by atoms with E-state index < -0.39 is 17.7 Å². The number of rotatable bonds is 6. The lowest BCUT2D eigenvalue weighted by Gasteiger charge is -2.14. The van der Waals surface area contributed by atoms with Crippen molar-refractivity contribution in [1.82, 2.24) is 9.97 Å². The third kappa shape index (κ3) is 5.27. The molecule has 2 aromatic carbocycles. The van der Waals surface area contributed by atoms with Crippen molar-refractivity contribution in [2.24, 2.45) is 0 Å². The van der Waals surface area contributed by atoms with Gasteiger partial charge in [-0.25, -0.2) is 14.8 Å². The first-order valence-electron chi connectivity index (χ1n) is 8.74. The molecule has 156 valence electrons. The number of carbonyl (C=O) groups is 1. The number of halogens is 4. The monoisotopic (exact) mass is 436 g/mol. The number of carbonyl (C=O) groups excluding carboxylic acids is 1. The highest BCUT2D eigenvalue weighted by atomic mass is 35.5. The molecular weight excluding hydrogens is 421 g/mol. The molecule has 0 unspecified atom stereocenters. The number of ether oxygens (including phenoxy) is 2. The van der Waals surface area contributed by atoms with E-state index in [0.29, 0.717) is 11.8 Å². The van der Waals surface area contributed by atoms with Gasteiger partial charge in [-0.2, -0.15) is 13.2 Å². The van der Waals surface area contributed by atoms with E-state index in [-0.39, 0.29) is 35.3 Å². The average molecular weight is 437 g/mol. The minimum Gasteiger partial charge on any atom is -0.496 e. The van der Waals surface area contributed by atoms with Crippen molar-refractivity contribution in [2.75, 3.05) is 7.11 Å². The maximum absolute atomic E-state index is 13.2. The molecule has 30 heavy (non-hydrogen) atoms. The number of hydrogen-bond acceptors (Lipinski definition) is 5. The first-order valence-corrected chi connectivity index (χ1v) is 9.12. The highest BCUT2D eigenvalue weighted by Crippen LogP contribution is 2.33. The zero-order valence-electron chi connectivity index (χ0n) is 15.7. The maximum atomic E-state index is 13.2. The van der Waals surface area contributed by atoms with Gasteiger partial charge in [0.05, 0.1) is 23.9 Å². The third-order valence-electron chi connectivity index (χ3n) is 4.24. The van der Waals surface area contributed by atoms with Crippen LogP contribution in [0.5, 0.6) is 5.75 Å². The van der Waals surface area contributed by atoms with Gasteiger partial charge < -0.3 is 9.47 Å². The minimum absolute atomic E-state index is 0.0954. The second-order valence-electron chi connectivity index (χ2n) is 6.26. The van der Waals surface area contributed by atoms with E-state index in [4.69, 9.17) is 21.1 Å². The van der Waals surface area contributed by atoms with E-state index in [2.05, 4.69) is 9.97 Å². The molecule has 0 N–H and O–H groups in total. The van der Waals surface area contributed by atoms with Gasteiger partial charge in [0.1, 0.15) is 12.4 Å². The summed E-state index contributed by atoms with van der Waals surface area (Å²) < 4.78 is 50.3. The van der Waals surface area contributed by atoms with Crippen LogP contribution in [0.25, 0.3) is 0 Å². The summed E-state index contributed by atoms with van der Waals surface area (Å²) >= 11 is 5.68. The standard InChI is InChI=1S/C21H16ClF3N2O3/c1-29-18-10-15(19(28)30-12-13-5-3-2-4-6-13)8-7-14(18)9-17-16(21(23,24)25)11-26-20(22)27-17/h2-8,10-11H,9,12H2,1H3. The summed E-state index contributed by atoms with van der Waals surface area (Å²) in [5.41, 5.74) is 0.163. The van der Waals surface area contributed by atoms with E-state index in [1.807, 2.05) is 30.3 Å². The van der Waals surface area contributed by atoms with Crippen LogP contribution in [0.1, 0.15) is 32.7 Å². The van der Waals surface area contributed by atoms with E-state index in [1.165, 1.54) is 25.3 Å². The van der Waals surface area contributed by atoms with Crippen molar-refractivity contribution in [3.05, 3.63) is 88.0 Å². The molecule has 0 spiro atoms. The maximum Gasteiger partial charge on any atom is 0.419 e. The molecule has 3 rings (SSSR count). The molecule has 0 aliphatic rings. The second-order valence-corrected chi connectivity index (χ2v) is 6.60. The Morgan fingerprint density at radius 3 is 2.53 bits per heavy atom. The normalized spacial score (nSPS) is 11.2. The number of esters is 1. The molecule has 0 aliphatic carbocycles. The Balaban J connectivity index is 1.81. The van der Waals surface area contributed by atoms with Crippen LogP contribution in [0.3, 0.4) is 0 Å². The van der Waals surface area contributed by atoms with Crippen LogP contribution in [-0.2, 0) is 23.9 Å². The molecule has 0 bridgehead atoms. The topological polar surface area (TPSA) is 61.3 Å². The van der Waals surface area contributed by atoms with Gasteiger partial charge in [-0.05, 0) is 29.3 Å². The molecule has 5 nitrogen and oxygen atoms in total. The lowest BCUT2D eigenvalue weighted by atomic mass is 10.0. The summed E-state index contributed by atoms with van der Waals surface area (Å²) in [4.78, 5) is 19.5. The first-order chi connectivity index (χ1) is 14.3. The molecule has 3 aromatic rings. The number of nitrogens with zero attached hydrogens (tertiary/aromatic N) is 2. The lowest BCUT2D eigenvalue weighted by Crippen LogP contribution is -2.13. The van der Waals surface area contributed by atoms with Gasteiger partial charge in [0, 0.05) is 18.2 Å². The number of aromatic nitrogens is 2. The fraction of sp³-hybridized carbons (Fsp3) is 0.190. The highest BCUT2D eigenvalue weighted by molar-refractivity contribution is 6.28. The molecule has 0 radical (unpaired) electrons. The Morgan fingerprint density at radius 2 is 1.87 bits per heavy atom. The van der Waals surface area contributed by atoms with Gasteiger partial charge in [-0.3, -0.25) is 0 Å². The predicted molar refractivity (Wildman–Crippen MR) is 103 cm³/mol. The van der Waals surface area contributed by atoms with E-state index in [9.17, 15) is 18.0 Å². The lowest BCUT2D eigenvalue weighted by molar-refractivity contribution is -0.138. The van der Waals surface area contributed by atoms with Crippen LogP contribution in [0.4, 0.5) is 13.2 Å². The second kappa shape index (κ2) is 9.13. The molecule has 0 atom stereocenters. The Labute approximate surface area is 175 Å². The van der Waals surface area contributed by atoms with Crippen molar-refractivity contribution in [3.63, 3.8) is 0 Å². The van der Waals surface area contributed by atoms with Gasteiger partial charge in [-0.15, -0.1) is 0 Å². The first kappa shape index (κ1) is 21.6. The molecule has 9 heteroatoms. The van der Waals surface area contributed by atoms with Gasteiger partial charge in [0.15, 0.2) is 0 Å². The van der Waals surface area contributed by atoms with Crippen LogP contribution < -0.4 is 4.74 Å².